The van der Waals surface area contributed by atoms with Crippen molar-refractivity contribution in [1.82, 2.24) is 0 Å². The maximum absolute atomic E-state index is 12.5. The number of hydrogen-bond acceptors (Lipinski definition) is 5. The lowest BCUT2D eigenvalue weighted by atomic mass is 9.90. The normalized spacial score (nSPS) is 11.8. The van der Waals surface area contributed by atoms with E-state index in [-0.39, 0.29) is 5.97 Å². The van der Waals surface area contributed by atoms with Crippen molar-refractivity contribution in [2.24, 2.45) is 4.99 Å². The van der Waals surface area contributed by atoms with Crippen molar-refractivity contribution in [1.29, 1.82) is 0 Å². The Kier molecular flexibility index (Phi) is 5.53. The van der Waals surface area contributed by atoms with Gasteiger partial charge in [-0.05, 0) is 49.7 Å². The summed E-state index contributed by atoms with van der Waals surface area (Å²) in [6.45, 7) is 5.57. The SMILES string of the molecule is CCN=c1ccc2c(-c3ccccc3C(=O)OC)c3ccc(NCC)cc3oc-2c1. The fourth-order valence-electron chi connectivity index (χ4n) is 3.75. The van der Waals surface area contributed by atoms with Gasteiger partial charge in [-0.3, -0.25) is 4.99 Å². The predicted molar refractivity (Wildman–Crippen MR) is 120 cm³/mol. The van der Waals surface area contributed by atoms with E-state index in [0.717, 1.165) is 51.0 Å². The second-order valence-electron chi connectivity index (χ2n) is 6.91. The minimum Gasteiger partial charge on any atom is -0.465 e. The molecule has 5 nitrogen and oxygen atoms in total. The summed E-state index contributed by atoms with van der Waals surface area (Å²) < 4.78 is 11.3. The van der Waals surface area contributed by atoms with Crippen molar-refractivity contribution >= 4 is 22.6 Å². The summed E-state index contributed by atoms with van der Waals surface area (Å²) in [6, 6.07) is 19.5. The van der Waals surface area contributed by atoms with E-state index in [1.807, 2.05) is 61.5 Å². The van der Waals surface area contributed by atoms with Gasteiger partial charge in [0.2, 0.25) is 0 Å². The van der Waals surface area contributed by atoms with Crippen LogP contribution in [0.4, 0.5) is 5.69 Å². The van der Waals surface area contributed by atoms with Gasteiger partial charge in [0.15, 0.2) is 0 Å². The number of esters is 1. The topological polar surface area (TPSA) is 63.8 Å². The van der Waals surface area contributed by atoms with Crippen LogP contribution < -0.4 is 10.7 Å². The number of nitrogens with zero attached hydrogens (tertiary/aromatic N) is 1. The average molecular weight is 400 g/mol. The molecule has 2 aliphatic rings. The summed E-state index contributed by atoms with van der Waals surface area (Å²) in [5.74, 6) is 0.357. The van der Waals surface area contributed by atoms with Crippen LogP contribution in [0.25, 0.3) is 33.4 Å². The molecule has 0 fully saturated rings. The zero-order valence-corrected chi connectivity index (χ0v) is 17.4. The number of ether oxygens (including phenoxy) is 1. The van der Waals surface area contributed by atoms with E-state index in [1.54, 1.807) is 6.07 Å². The van der Waals surface area contributed by atoms with E-state index >= 15 is 0 Å². The Morgan fingerprint density at radius 1 is 1.03 bits per heavy atom. The van der Waals surface area contributed by atoms with Gasteiger partial charge in [-0.15, -0.1) is 0 Å². The molecule has 30 heavy (non-hydrogen) atoms. The van der Waals surface area contributed by atoms with Gasteiger partial charge >= 0.3 is 5.97 Å². The molecular formula is C25H24N2O3. The number of anilines is 1. The van der Waals surface area contributed by atoms with Crippen molar-refractivity contribution in [3.8, 4) is 22.5 Å². The lowest BCUT2D eigenvalue weighted by molar-refractivity contribution is 0.0601. The van der Waals surface area contributed by atoms with E-state index < -0.39 is 0 Å². The number of rotatable bonds is 5. The van der Waals surface area contributed by atoms with Crippen molar-refractivity contribution in [3.05, 3.63) is 71.6 Å². The third-order valence-electron chi connectivity index (χ3n) is 5.03. The van der Waals surface area contributed by atoms with Crippen molar-refractivity contribution in [2.45, 2.75) is 13.8 Å². The molecule has 1 aliphatic carbocycles. The van der Waals surface area contributed by atoms with Crippen LogP contribution in [-0.2, 0) is 4.74 Å². The molecule has 1 heterocycles. The summed E-state index contributed by atoms with van der Waals surface area (Å²) in [7, 11) is 1.40. The van der Waals surface area contributed by atoms with Crippen LogP contribution >= 0.6 is 0 Å². The lowest BCUT2D eigenvalue weighted by Gasteiger charge is -2.18. The first-order valence-corrected chi connectivity index (χ1v) is 10.1. The maximum Gasteiger partial charge on any atom is 0.338 e. The van der Waals surface area contributed by atoms with Crippen LogP contribution in [0.2, 0.25) is 0 Å². The Morgan fingerprint density at radius 2 is 1.87 bits per heavy atom. The molecule has 0 amide bonds. The average Bonchev–Trinajstić information content (AvgIpc) is 2.77. The standard InChI is InChI=1S/C25H24N2O3/c1-4-26-16-10-12-20-22(14-16)30-23-15-17(27-5-2)11-13-21(23)24(20)18-8-6-7-9-19(18)25(28)29-3/h6-15,26H,4-5H2,1-3H3. The third-order valence-corrected chi connectivity index (χ3v) is 5.03. The molecule has 0 aromatic heterocycles. The van der Waals surface area contributed by atoms with Crippen LogP contribution in [0, 0.1) is 0 Å². The summed E-state index contributed by atoms with van der Waals surface area (Å²) in [5.41, 5.74) is 4.92. The number of benzene rings is 3. The number of fused-ring (bicyclic) bond motifs is 2. The largest absolute Gasteiger partial charge is 0.465 e. The van der Waals surface area contributed by atoms with Gasteiger partial charge in [0.25, 0.3) is 0 Å². The Morgan fingerprint density at radius 3 is 2.63 bits per heavy atom. The molecular weight excluding hydrogens is 376 g/mol. The van der Waals surface area contributed by atoms with Crippen molar-refractivity contribution in [2.75, 3.05) is 25.5 Å². The number of nitrogens with one attached hydrogen (secondary N) is 1. The molecule has 0 radical (unpaired) electrons. The first-order valence-electron chi connectivity index (χ1n) is 10.1. The molecule has 1 N–H and O–H groups in total. The predicted octanol–water partition coefficient (Wildman–Crippen LogP) is 5.34. The van der Waals surface area contributed by atoms with Gasteiger partial charge < -0.3 is 14.5 Å². The second kappa shape index (κ2) is 8.41. The number of methoxy groups -OCH3 is 1. The molecule has 2 aromatic carbocycles. The first-order chi connectivity index (χ1) is 14.7. The smallest absolute Gasteiger partial charge is 0.338 e. The molecule has 0 saturated carbocycles. The quantitative estimate of drug-likeness (QED) is 0.363. The number of carbonyl (C=O) groups is 1. The van der Waals surface area contributed by atoms with E-state index in [1.165, 1.54) is 7.11 Å². The molecule has 0 spiro atoms. The molecule has 152 valence electrons. The highest BCUT2D eigenvalue weighted by Crippen LogP contribution is 2.41. The minimum atomic E-state index is -0.366. The molecule has 2 aromatic rings. The number of carbonyl (C=O) groups excluding carboxylic acids is 1. The van der Waals surface area contributed by atoms with E-state index in [0.29, 0.717) is 12.1 Å². The Labute approximate surface area is 175 Å². The summed E-state index contributed by atoms with van der Waals surface area (Å²) in [5, 5.41) is 5.12. The summed E-state index contributed by atoms with van der Waals surface area (Å²) in [6.07, 6.45) is 0. The molecule has 0 unspecified atom stereocenters. The molecule has 4 rings (SSSR count). The Balaban J connectivity index is 2.11. The molecule has 5 heteroatoms. The van der Waals surface area contributed by atoms with Crippen LogP contribution in [0.3, 0.4) is 0 Å². The van der Waals surface area contributed by atoms with Gasteiger partial charge in [-0.25, -0.2) is 4.79 Å². The van der Waals surface area contributed by atoms with Crippen LogP contribution in [0.5, 0.6) is 0 Å². The fraction of sp³-hybridized carbons (Fsp3) is 0.200. The highest BCUT2D eigenvalue weighted by atomic mass is 16.5. The summed E-state index contributed by atoms with van der Waals surface area (Å²) >= 11 is 0. The molecule has 0 bridgehead atoms. The highest BCUT2D eigenvalue weighted by molar-refractivity contribution is 6.08. The van der Waals surface area contributed by atoms with Crippen molar-refractivity contribution < 1.29 is 13.9 Å². The monoisotopic (exact) mass is 400 g/mol. The zero-order chi connectivity index (χ0) is 21.1. The maximum atomic E-state index is 12.5. The fourth-order valence-corrected chi connectivity index (χ4v) is 3.75. The Hall–Kier alpha value is -3.60. The van der Waals surface area contributed by atoms with E-state index in [9.17, 15) is 4.79 Å². The molecule has 1 aliphatic heterocycles. The number of hydrogen-bond donors (Lipinski definition) is 1. The van der Waals surface area contributed by atoms with Gasteiger partial charge in [-0.1, -0.05) is 18.2 Å². The second-order valence-corrected chi connectivity index (χ2v) is 6.91. The van der Waals surface area contributed by atoms with Gasteiger partial charge in [0, 0.05) is 47.4 Å². The molecule has 0 atom stereocenters. The van der Waals surface area contributed by atoms with Crippen LogP contribution in [0.15, 0.2) is 70.1 Å². The van der Waals surface area contributed by atoms with Gasteiger partial charge in [0.05, 0.1) is 18.0 Å². The third kappa shape index (κ3) is 3.54. The highest BCUT2D eigenvalue weighted by Gasteiger charge is 2.21. The van der Waals surface area contributed by atoms with Gasteiger partial charge in [0.1, 0.15) is 11.3 Å². The van der Waals surface area contributed by atoms with Gasteiger partial charge in [-0.2, -0.15) is 0 Å². The van der Waals surface area contributed by atoms with Crippen molar-refractivity contribution in [3.63, 3.8) is 0 Å². The zero-order valence-electron chi connectivity index (χ0n) is 17.4. The minimum absolute atomic E-state index is 0.366. The van der Waals surface area contributed by atoms with Crippen LogP contribution in [0.1, 0.15) is 24.2 Å². The Bertz CT molecular complexity index is 1260. The van der Waals surface area contributed by atoms with Crippen LogP contribution in [-0.4, -0.2) is 26.2 Å². The first kappa shape index (κ1) is 19.7. The summed E-state index contributed by atoms with van der Waals surface area (Å²) in [4.78, 5) is 17.0. The molecule has 0 saturated heterocycles. The lowest BCUT2D eigenvalue weighted by Crippen LogP contribution is -2.06. The van der Waals surface area contributed by atoms with E-state index in [4.69, 9.17) is 9.15 Å². The van der Waals surface area contributed by atoms with E-state index in [2.05, 4.69) is 17.2 Å².